The SMILES string of the molecule is Fc1ccc(-c2ncc(N3CCSCC3)nc2-c2ccncc2Cl)cc1F. The lowest BCUT2D eigenvalue weighted by molar-refractivity contribution is 0.509. The van der Waals surface area contributed by atoms with Crippen LogP contribution < -0.4 is 4.90 Å². The van der Waals surface area contributed by atoms with Crippen molar-refractivity contribution in [1.29, 1.82) is 0 Å². The molecule has 3 aromatic rings. The molecule has 1 fully saturated rings. The van der Waals surface area contributed by atoms with Crippen LogP contribution in [-0.2, 0) is 0 Å². The summed E-state index contributed by atoms with van der Waals surface area (Å²) in [5.41, 5.74) is 2.04. The van der Waals surface area contributed by atoms with Crippen LogP contribution in [0.3, 0.4) is 0 Å². The molecule has 0 amide bonds. The van der Waals surface area contributed by atoms with E-state index in [2.05, 4.69) is 14.9 Å². The monoisotopic (exact) mass is 404 g/mol. The summed E-state index contributed by atoms with van der Waals surface area (Å²) >= 11 is 8.23. The summed E-state index contributed by atoms with van der Waals surface area (Å²) < 4.78 is 27.1. The van der Waals surface area contributed by atoms with Gasteiger partial charge in [-0.3, -0.25) is 9.97 Å². The number of benzene rings is 1. The number of halogens is 3. The molecule has 4 nitrogen and oxygen atoms in total. The van der Waals surface area contributed by atoms with Crippen LogP contribution in [0, 0.1) is 11.6 Å². The van der Waals surface area contributed by atoms with Crippen molar-refractivity contribution in [3.05, 3.63) is 59.5 Å². The van der Waals surface area contributed by atoms with Gasteiger partial charge in [-0.25, -0.2) is 13.8 Å². The number of anilines is 1. The Balaban J connectivity index is 1.87. The van der Waals surface area contributed by atoms with Crippen LogP contribution in [0.15, 0.2) is 42.9 Å². The van der Waals surface area contributed by atoms with Gasteiger partial charge in [-0.15, -0.1) is 0 Å². The van der Waals surface area contributed by atoms with Gasteiger partial charge in [-0.1, -0.05) is 11.6 Å². The minimum atomic E-state index is -0.932. The molecule has 1 aromatic carbocycles. The fourth-order valence-electron chi connectivity index (χ4n) is 2.93. The molecule has 1 aliphatic rings. The summed E-state index contributed by atoms with van der Waals surface area (Å²) in [6.07, 6.45) is 4.81. The molecule has 4 rings (SSSR count). The fourth-order valence-corrected chi connectivity index (χ4v) is 4.05. The summed E-state index contributed by atoms with van der Waals surface area (Å²) in [5.74, 6) is 0.955. The van der Waals surface area contributed by atoms with E-state index < -0.39 is 11.6 Å². The summed E-state index contributed by atoms with van der Waals surface area (Å²) in [5, 5.41) is 0.419. The first-order chi connectivity index (χ1) is 13.1. The number of aromatic nitrogens is 3. The Bertz CT molecular complexity index is 980. The fraction of sp³-hybridized carbons (Fsp3) is 0.211. The van der Waals surface area contributed by atoms with Gasteiger partial charge in [-0.05, 0) is 24.3 Å². The van der Waals surface area contributed by atoms with Crippen LogP contribution in [0.2, 0.25) is 5.02 Å². The summed E-state index contributed by atoms with van der Waals surface area (Å²) in [6.45, 7) is 1.76. The molecule has 1 saturated heterocycles. The van der Waals surface area contributed by atoms with Crippen LogP contribution in [0.1, 0.15) is 0 Å². The number of nitrogens with zero attached hydrogens (tertiary/aromatic N) is 4. The molecule has 0 radical (unpaired) electrons. The molecule has 138 valence electrons. The lowest BCUT2D eigenvalue weighted by Gasteiger charge is -2.27. The van der Waals surface area contributed by atoms with Crippen LogP contribution in [0.5, 0.6) is 0 Å². The minimum absolute atomic E-state index is 0.419. The second-order valence-corrected chi connectivity index (χ2v) is 7.64. The molecule has 27 heavy (non-hydrogen) atoms. The maximum Gasteiger partial charge on any atom is 0.159 e. The third-order valence-electron chi connectivity index (χ3n) is 4.32. The second kappa shape index (κ2) is 7.78. The van der Waals surface area contributed by atoms with Gasteiger partial charge in [-0.2, -0.15) is 11.8 Å². The van der Waals surface area contributed by atoms with Gasteiger partial charge in [0.25, 0.3) is 0 Å². The third-order valence-corrected chi connectivity index (χ3v) is 5.56. The first-order valence-corrected chi connectivity index (χ1v) is 9.92. The van der Waals surface area contributed by atoms with Crippen molar-refractivity contribution in [2.24, 2.45) is 0 Å². The van der Waals surface area contributed by atoms with Gasteiger partial charge >= 0.3 is 0 Å². The van der Waals surface area contributed by atoms with E-state index in [9.17, 15) is 8.78 Å². The molecule has 1 aliphatic heterocycles. The lowest BCUT2D eigenvalue weighted by atomic mass is 10.0. The predicted molar refractivity (Wildman–Crippen MR) is 105 cm³/mol. The van der Waals surface area contributed by atoms with Crippen LogP contribution in [-0.4, -0.2) is 39.5 Å². The maximum absolute atomic E-state index is 13.8. The average Bonchev–Trinajstić information content (AvgIpc) is 2.71. The smallest absolute Gasteiger partial charge is 0.159 e. The zero-order valence-corrected chi connectivity index (χ0v) is 15.8. The highest BCUT2D eigenvalue weighted by molar-refractivity contribution is 7.99. The number of pyridine rings is 1. The molecule has 0 N–H and O–H groups in total. The molecular weight excluding hydrogens is 390 g/mol. The van der Waals surface area contributed by atoms with Crippen molar-refractivity contribution in [2.45, 2.75) is 0 Å². The van der Waals surface area contributed by atoms with E-state index >= 15 is 0 Å². The summed E-state index contributed by atoms with van der Waals surface area (Å²) in [6, 6.07) is 5.43. The van der Waals surface area contributed by atoms with Gasteiger partial charge in [0.1, 0.15) is 11.5 Å². The first-order valence-electron chi connectivity index (χ1n) is 8.38. The van der Waals surface area contributed by atoms with Crippen molar-refractivity contribution < 1.29 is 8.78 Å². The van der Waals surface area contributed by atoms with E-state index in [0.29, 0.717) is 27.5 Å². The highest BCUT2D eigenvalue weighted by atomic mass is 35.5. The van der Waals surface area contributed by atoms with E-state index in [1.165, 1.54) is 12.3 Å². The molecule has 3 heterocycles. The molecule has 0 unspecified atom stereocenters. The number of hydrogen-bond donors (Lipinski definition) is 0. The van der Waals surface area contributed by atoms with Crippen LogP contribution in [0.25, 0.3) is 22.5 Å². The maximum atomic E-state index is 13.8. The van der Waals surface area contributed by atoms with Crippen molar-refractivity contribution in [3.8, 4) is 22.5 Å². The Kier molecular flexibility index (Phi) is 5.22. The van der Waals surface area contributed by atoms with E-state index in [1.54, 1.807) is 18.5 Å². The Hall–Kier alpha value is -2.25. The largest absolute Gasteiger partial charge is 0.354 e. The van der Waals surface area contributed by atoms with E-state index in [4.69, 9.17) is 16.6 Å². The van der Waals surface area contributed by atoms with Gasteiger partial charge in [0, 0.05) is 48.1 Å². The van der Waals surface area contributed by atoms with Gasteiger partial charge < -0.3 is 4.90 Å². The Morgan fingerprint density at radius 3 is 2.56 bits per heavy atom. The number of thioether (sulfide) groups is 1. The molecule has 0 spiro atoms. The molecule has 0 bridgehead atoms. The standard InChI is InChI=1S/C19H15ClF2N4S/c20-14-10-23-4-3-13(14)19-18(12-1-2-15(21)16(22)9-12)24-11-17(25-19)26-5-7-27-8-6-26/h1-4,9-11H,5-8H2. The number of hydrogen-bond acceptors (Lipinski definition) is 5. The summed E-state index contributed by atoms with van der Waals surface area (Å²) in [7, 11) is 0. The second-order valence-electron chi connectivity index (χ2n) is 6.01. The average molecular weight is 405 g/mol. The van der Waals surface area contributed by atoms with Crippen molar-refractivity contribution in [3.63, 3.8) is 0 Å². The predicted octanol–water partition coefficient (Wildman–Crippen LogP) is 4.69. The number of rotatable bonds is 3. The quantitative estimate of drug-likeness (QED) is 0.633. The highest BCUT2D eigenvalue weighted by Gasteiger charge is 2.19. The van der Waals surface area contributed by atoms with Crippen LogP contribution >= 0.6 is 23.4 Å². The van der Waals surface area contributed by atoms with Gasteiger partial charge in [0.2, 0.25) is 0 Å². The van der Waals surface area contributed by atoms with Gasteiger partial charge in [0.05, 0.1) is 16.9 Å². The Morgan fingerprint density at radius 1 is 1.00 bits per heavy atom. The Morgan fingerprint density at radius 2 is 1.81 bits per heavy atom. The van der Waals surface area contributed by atoms with Gasteiger partial charge in [0.15, 0.2) is 11.6 Å². The summed E-state index contributed by atoms with van der Waals surface area (Å²) in [4.78, 5) is 15.5. The van der Waals surface area contributed by atoms with Crippen molar-refractivity contribution in [1.82, 2.24) is 15.0 Å². The first kappa shape index (κ1) is 18.1. The minimum Gasteiger partial charge on any atom is -0.354 e. The van der Waals surface area contributed by atoms with Crippen molar-refractivity contribution in [2.75, 3.05) is 29.5 Å². The molecule has 0 saturated carbocycles. The molecule has 0 atom stereocenters. The molecule has 0 aliphatic carbocycles. The van der Waals surface area contributed by atoms with Crippen LogP contribution in [0.4, 0.5) is 14.6 Å². The van der Waals surface area contributed by atoms with E-state index in [-0.39, 0.29) is 0 Å². The van der Waals surface area contributed by atoms with E-state index in [0.717, 1.165) is 42.5 Å². The zero-order chi connectivity index (χ0) is 18.8. The molecular formula is C19H15ClF2N4S. The van der Waals surface area contributed by atoms with E-state index in [1.807, 2.05) is 11.8 Å². The lowest BCUT2D eigenvalue weighted by Crippen LogP contribution is -2.33. The topological polar surface area (TPSA) is 41.9 Å². The normalized spacial score (nSPS) is 14.4. The third kappa shape index (κ3) is 3.75. The Labute approximate surface area is 164 Å². The van der Waals surface area contributed by atoms with Crippen molar-refractivity contribution >= 4 is 29.2 Å². The molecule has 8 heteroatoms. The zero-order valence-electron chi connectivity index (χ0n) is 14.2. The molecule has 2 aromatic heterocycles. The highest BCUT2D eigenvalue weighted by Crippen LogP contribution is 2.34.